The van der Waals surface area contributed by atoms with Gasteiger partial charge in [0.2, 0.25) is 0 Å². The van der Waals surface area contributed by atoms with Crippen LogP contribution in [-0.4, -0.2) is 42.3 Å². The average molecular weight is 458 g/mol. The Morgan fingerprint density at radius 1 is 1.09 bits per heavy atom. The van der Waals surface area contributed by atoms with E-state index >= 15 is 0 Å². The third-order valence-electron chi connectivity index (χ3n) is 7.55. The number of nitrogens with one attached hydrogen (secondary N) is 1. The predicted octanol–water partition coefficient (Wildman–Crippen LogP) is 3.25. The van der Waals surface area contributed by atoms with Crippen molar-refractivity contribution < 1.29 is 4.79 Å². The molecule has 0 bridgehead atoms. The lowest BCUT2D eigenvalue weighted by Gasteiger charge is -2.45. The van der Waals surface area contributed by atoms with Crippen molar-refractivity contribution in [3.8, 4) is 0 Å². The Morgan fingerprint density at radius 3 is 2.56 bits per heavy atom. The number of fused-ring (bicyclic) bond motifs is 2. The van der Waals surface area contributed by atoms with Gasteiger partial charge in [-0.05, 0) is 36.1 Å². The Kier molecular flexibility index (Phi) is 5.85. The third kappa shape index (κ3) is 3.86. The maximum Gasteiger partial charge on any atom is 0.282 e. The molecule has 2 unspecified atom stereocenters. The van der Waals surface area contributed by atoms with Crippen LogP contribution in [0.25, 0.3) is 10.8 Å². The van der Waals surface area contributed by atoms with Crippen LogP contribution in [0.2, 0.25) is 0 Å². The molecule has 5 rings (SSSR count). The maximum atomic E-state index is 14.8. The lowest BCUT2D eigenvalue weighted by Crippen LogP contribution is -2.58. The number of carbonyl (C=O) groups is 1. The minimum atomic E-state index is -0.764. The molecule has 1 amide bonds. The zero-order chi connectivity index (χ0) is 23.9. The molecule has 2 aliphatic heterocycles. The van der Waals surface area contributed by atoms with Crippen molar-refractivity contribution in [2.45, 2.75) is 31.8 Å². The number of hydrogen-bond acceptors (Lipinski definition) is 4. The summed E-state index contributed by atoms with van der Waals surface area (Å²) in [7, 11) is 0. The molecule has 5 N–H and O–H groups in total. The molecular formula is C27H31N5O2. The van der Waals surface area contributed by atoms with Crippen molar-refractivity contribution >= 4 is 28.2 Å². The van der Waals surface area contributed by atoms with Crippen LogP contribution >= 0.6 is 0 Å². The standard InChI is InChI=1S/C27H31N5O2/c28-16-18-10-12-31(13-11-18)27(33)25-14-20-8-9-21(26(29)30)15-24(20)32(25,34)17-22-6-3-5-19-4-1-2-7-23(19)22/h1-9,15,18,25H,10-14,16-17,28H2,(H3,29,30). The van der Waals surface area contributed by atoms with E-state index in [1.165, 1.54) is 0 Å². The van der Waals surface area contributed by atoms with E-state index in [9.17, 15) is 10.0 Å². The summed E-state index contributed by atoms with van der Waals surface area (Å²) < 4.78 is -0.764. The van der Waals surface area contributed by atoms with Crippen LogP contribution in [0.1, 0.15) is 29.5 Å². The van der Waals surface area contributed by atoms with Crippen molar-refractivity contribution in [2.24, 2.45) is 17.4 Å². The van der Waals surface area contributed by atoms with Gasteiger partial charge in [-0.1, -0.05) is 54.6 Å². The highest BCUT2D eigenvalue weighted by molar-refractivity contribution is 5.97. The number of rotatable bonds is 5. The number of nitrogens with two attached hydrogens (primary N) is 2. The SMILES string of the molecule is N=C(N)c1ccc2c(c1)[N+]([O-])(Cc1cccc3ccccc13)C(C(=O)N1CCC(CN)CC1)C2. The van der Waals surface area contributed by atoms with Crippen molar-refractivity contribution in [3.63, 3.8) is 0 Å². The number of carbonyl (C=O) groups excluding carboxylic acids is 1. The Labute approximate surface area is 199 Å². The number of amides is 1. The van der Waals surface area contributed by atoms with Gasteiger partial charge >= 0.3 is 0 Å². The molecule has 0 saturated carbocycles. The molecule has 1 saturated heterocycles. The molecule has 0 aliphatic carbocycles. The molecular weight excluding hydrogens is 426 g/mol. The van der Waals surface area contributed by atoms with E-state index in [-0.39, 0.29) is 18.3 Å². The molecule has 2 heterocycles. The number of nitrogens with zero attached hydrogens (tertiary/aromatic N) is 2. The molecule has 0 spiro atoms. The lowest BCUT2D eigenvalue weighted by molar-refractivity contribution is -0.136. The summed E-state index contributed by atoms with van der Waals surface area (Å²) in [4.78, 5) is 15.6. The first-order valence-electron chi connectivity index (χ1n) is 11.9. The molecule has 7 nitrogen and oxygen atoms in total. The molecule has 34 heavy (non-hydrogen) atoms. The lowest BCUT2D eigenvalue weighted by atomic mass is 9.96. The summed E-state index contributed by atoms with van der Waals surface area (Å²) in [6.07, 6.45) is 2.13. The van der Waals surface area contributed by atoms with E-state index in [0.717, 1.165) is 34.7 Å². The van der Waals surface area contributed by atoms with E-state index in [2.05, 4.69) is 0 Å². The number of benzene rings is 3. The second-order valence-corrected chi connectivity index (χ2v) is 9.57. The van der Waals surface area contributed by atoms with Gasteiger partial charge in [-0.25, -0.2) is 0 Å². The van der Waals surface area contributed by atoms with Crippen molar-refractivity contribution in [3.05, 3.63) is 82.6 Å². The average Bonchev–Trinajstić information content (AvgIpc) is 3.15. The van der Waals surface area contributed by atoms with Crippen LogP contribution in [0.3, 0.4) is 0 Å². The highest BCUT2D eigenvalue weighted by atomic mass is 16.6. The molecule has 1 fully saturated rings. The normalized spacial score (nSPS) is 22.6. The zero-order valence-corrected chi connectivity index (χ0v) is 19.2. The Balaban J connectivity index is 1.56. The van der Waals surface area contributed by atoms with E-state index in [1.807, 2.05) is 53.4 Å². The van der Waals surface area contributed by atoms with Crippen molar-refractivity contribution in [2.75, 3.05) is 19.6 Å². The van der Waals surface area contributed by atoms with Crippen LogP contribution in [0.4, 0.5) is 5.69 Å². The van der Waals surface area contributed by atoms with E-state index < -0.39 is 10.7 Å². The van der Waals surface area contributed by atoms with Gasteiger partial charge in [0, 0.05) is 42.3 Å². The van der Waals surface area contributed by atoms with Crippen LogP contribution < -0.4 is 16.1 Å². The smallest absolute Gasteiger partial charge is 0.282 e. The van der Waals surface area contributed by atoms with E-state index in [1.54, 1.807) is 12.1 Å². The van der Waals surface area contributed by atoms with Gasteiger partial charge in [0.05, 0.1) is 0 Å². The zero-order valence-electron chi connectivity index (χ0n) is 19.2. The van der Waals surface area contributed by atoms with Crippen LogP contribution in [0, 0.1) is 16.5 Å². The maximum absolute atomic E-state index is 14.8. The Hall–Kier alpha value is -3.26. The quantitative estimate of drug-likeness (QED) is 0.236. The largest absolute Gasteiger partial charge is 0.627 e. The number of hydroxylamine groups is 2. The van der Waals surface area contributed by atoms with Crippen LogP contribution in [-0.2, 0) is 17.8 Å². The van der Waals surface area contributed by atoms with Gasteiger partial charge in [0.1, 0.15) is 18.1 Å². The Bertz CT molecular complexity index is 1250. The summed E-state index contributed by atoms with van der Waals surface area (Å²) >= 11 is 0. The van der Waals surface area contributed by atoms with Crippen LogP contribution in [0.5, 0.6) is 0 Å². The van der Waals surface area contributed by atoms with Gasteiger partial charge in [0.25, 0.3) is 5.91 Å². The minimum Gasteiger partial charge on any atom is -0.627 e. The number of amidine groups is 1. The van der Waals surface area contributed by atoms with Crippen molar-refractivity contribution in [1.82, 2.24) is 9.55 Å². The highest BCUT2D eigenvalue weighted by Gasteiger charge is 2.47. The number of hydrogen-bond donors (Lipinski definition) is 3. The molecule has 3 aromatic rings. The van der Waals surface area contributed by atoms with Crippen molar-refractivity contribution in [1.29, 1.82) is 5.41 Å². The van der Waals surface area contributed by atoms with Gasteiger partial charge in [0.15, 0.2) is 6.04 Å². The summed E-state index contributed by atoms with van der Waals surface area (Å²) in [5.41, 5.74) is 14.4. The molecule has 0 radical (unpaired) electrons. The fourth-order valence-corrected chi connectivity index (χ4v) is 5.52. The summed E-state index contributed by atoms with van der Waals surface area (Å²) in [5, 5.41) is 24.8. The molecule has 176 valence electrons. The summed E-state index contributed by atoms with van der Waals surface area (Å²) in [6, 6.07) is 18.5. The Morgan fingerprint density at radius 2 is 1.82 bits per heavy atom. The molecule has 3 aromatic carbocycles. The second-order valence-electron chi connectivity index (χ2n) is 9.57. The van der Waals surface area contributed by atoms with Gasteiger partial charge in [-0.3, -0.25) is 10.2 Å². The monoisotopic (exact) mass is 457 g/mol. The highest BCUT2D eigenvalue weighted by Crippen LogP contribution is 2.42. The fourth-order valence-electron chi connectivity index (χ4n) is 5.52. The molecule has 0 aromatic heterocycles. The fraction of sp³-hybridized carbons (Fsp3) is 0.333. The number of piperidine rings is 1. The first-order chi connectivity index (χ1) is 16.4. The van der Waals surface area contributed by atoms with Gasteiger partial charge in [-0.15, -0.1) is 0 Å². The number of nitrogen functional groups attached to an aromatic ring is 1. The molecule has 7 heteroatoms. The summed E-state index contributed by atoms with van der Waals surface area (Å²) in [6.45, 7) is 2.06. The number of quaternary nitrogens is 1. The molecule has 2 atom stereocenters. The first kappa shape index (κ1) is 22.5. The first-order valence-corrected chi connectivity index (χ1v) is 11.9. The topological polar surface area (TPSA) is 119 Å². The van der Waals surface area contributed by atoms with Gasteiger partial charge < -0.3 is 26.2 Å². The second kappa shape index (κ2) is 8.83. The van der Waals surface area contributed by atoms with E-state index in [4.69, 9.17) is 16.9 Å². The van der Waals surface area contributed by atoms with Gasteiger partial charge in [-0.2, -0.15) is 0 Å². The third-order valence-corrected chi connectivity index (χ3v) is 7.55. The molecule has 2 aliphatic rings. The predicted molar refractivity (Wildman–Crippen MR) is 136 cm³/mol. The van der Waals surface area contributed by atoms with Crippen LogP contribution in [0.15, 0.2) is 60.7 Å². The summed E-state index contributed by atoms with van der Waals surface area (Å²) in [5.74, 6) is 0.259. The van der Waals surface area contributed by atoms with E-state index in [0.29, 0.717) is 43.2 Å². The minimum absolute atomic E-state index is 0.0851. The number of likely N-dealkylation sites (tertiary alicyclic amines) is 1.